The van der Waals surface area contributed by atoms with Crippen molar-refractivity contribution in [3.63, 3.8) is 0 Å². The Morgan fingerprint density at radius 2 is 2.11 bits per heavy atom. The van der Waals surface area contributed by atoms with E-state index in [2.05, 4.69) is 20.7 Å². The van der Waals surface area contributed by atoms with Crippen LogP contribution in [0.2, 0.25) is 0 Å². The first kappa shape index (κ1) is 14.6. The van der Waals surface area contributed by atoms with E-state index < -0.39 is 5.97 Å². The standard InChI is InChI=1S/C12H13BrN2O3/c13-10-6-2-1-5-9(10)11(15-14)12(17)18-8-4-3-7-16/h1-2,5-6,16H,3-4,7-8H2. The Hall–Kier alpha value is -1.49. The van der Waals surface area contributed by atoms with E-state index in [4.69, 9.17) is 15.4 Å². The van der Waals surface area contributed by atoms with Crippen LogP contribution >= 0.6 is 15.9 Å². The molecule has 0 saturated heterocycles. The number of esters is 1. The molecule has 0 radical (unpaired) electrons. The second-order valence-electron chi connectivity index (χ2n) is 3.50. The molecule has 0 fully saturated rings. The molecule has 1 aromatic rings. The zero-order chi connectivity index (χ0) is 13.4. The van der Waals surface area contributed by atoms with Gasteiger partial charge in [-0.15, -0.1) is 0 Å². The monoisotopic (exact) mass is 312 g/mol. The normalized spacial score (nSPS) is 9.67. The fourth-order valence-electron chi connectivity index (χ4n) is 1.30. The molecule has 5 nitrogen and oxygen atoms in total. The minimum Gasteiger partial charge on any atom is -0.457 e. The number of ether oxygens (including phenoxy) is 1. The predicted molar refractivity (Wildman–Crippen MR) is 69.1 cm³/mol. The molecule has 18 heavy (non-hydrogen) atoms. The first-order valence-electron chi connectivity index (χ1n) is 5.45. The van der Waals surface area contributed by atoms with Crippen molar-refractivity contribution in [3.05, 3.63) is 39.8 Å². The third-order valence-electron chi connectivity index (χ3n) is 2.21. The van der Waals surface area contributed by atoms with Crippen molar-refractivity contribution in [1.82, 2.24) is 0 Å². The second kappa shape index (κ2) is 7.76. The van der Waals surface area contributed by atoms with Gasteiger partial charge in [-0.1, -0.05) is 12.1 Å². The maximum atomic E-state index is 11.7. The van der Waals surface area contributed by atoms with Crippen LogP contribution in [0.1, 0.15) is 18.4 Å². The number of unbranched alkanes of at least 4 members (excludes halogenated alkanes) is 1. The Balaban J connectivity index is 2.71. The van der Waals surface area contributed by atoms with E-state index in [-0.39, 0.29) is 18.9 Å². The van der Waals surface area contributed by atoms with Crippen molar-refractivity contribution < 1.29 is 19.4 Å². The number of benzene rings is 1. The van der Waals surface area contributed by atoms with Gasteiger partial charge in [0, 0.05) is 11.1 Å². The fraction of sp³-hybridized carbons (Fsp3) is 0.333. The number of hydrogen-bond acceptors (Lipinski definition) is 3. The number of carbonyl (C=O) groups excluding carboxylic acids is 1. The summed E-state index contributed by atoms with van der Waals surface area (Å²) in [4.78, 5) is 14.7. The van der Waals surface area contributed by atoms with Gasteiger partial charge in [0.15, 0.2) is 0 Å². The number of aliphatic hydroxyl groups is 1. The lowest BCUT2D eigenvalue weighted by Crippen LogP contribution is -2.21. The minimum atomic E-state index is -0.692. The highest BCUT2D eigenvalue weighted by Crippen LogP contribution is 2.16. The van der Waals surface area contributed by atoms with Crippen molar-refractivity contribution >= 4 is 27.6 Å². The molecule has 0 spiro atoms. The van der Waals surface area contributed by atoms with Crippen LogP contribution in [0.25, 0.3) is 5.53 Å². The van der Waals surface area contributed by atoms with E-state index in [0.717, 1.165) is 0 Å². The number of halogens is 1. The van der Waals surface area contributed by atoms with Gasteiger partial charge in [-0.25, -0.2) is 4.79 Å². The summed E-state index contributed by atoms with van der Waals surface area (Å²) < 4.78 is 5.59. The quantitative estimate of drug-likeness (QED) is 0.286. The Bertz CT molecular complexity index is 470. The molecule has 1 N–H and O–H groups in total. The van der Waals surface area contributed by atoms with Crippen LogP contribution in [0.15, 0.2) is 28.7 Å². The predicted octanol–water partition coefficient (Wildman–Crippen LogP) is 1.78. The summed E-state index contributed by atoms with van der Waals surface area (Å²) in [5.41, 5.74) is 9.22. The van der Waals surface area contributed by atoms with Gasteiger partial charge < -0.3 is 15.4 Å². The molecule has 0 bridgehead atoms. The zero-order valence-electron chi connectivity index (χ0n) is 9.67. The summed E-state index contributed by atoms with van der Waals surface area (Å²) in [5, 5.41) is 8.59. The van der Waals surface area contributed by atoms with Crippen molar-refractivity contribution in [2.75, 3.05) is 13.2 Å². The second-order valence-corrected chi connectivity index (χ2v) is 4.35. The Morgan fingerprint density at radius 3 is 2.72 bits per heavy atom. The first-order valence-corrected chi connectivity index (χ1v) is 6.25. The van der Waals surface area contributed by atoms with Crippen LogP contribution in [0.4, 0.5) is 0 Å². The van der Waals surface area contributed by atoms with Crippen molar-refractivity contribution in [1.29, 1.82) is 0 Å². The van der Waals surface area contributed by atoms with Crippen LogP contribution in [0.3, 0.4) is 0 Å². The van der Waals surface area contributed by atoms with E-state index in [9.17, 15) is 4.79 Å². The number of carbonyl (C=O) groups is 1. The van der Waals surface area contributed by atoms with Gasteiger partial charge in [0.25, 0.3) is 0 Å². The summed E-state index contributed by atoms with van der Waals surface area (Å²) in [6, 6.07) is 6.90. The molecule has 0 atom stereocenters. The lowest BCUT2D eigenvalue weighted by molar-refractivity contribution is -0.140. The van der Waals surface area contributed by atoms with E-state index in [1.54, 1.807) is 24.3 Å². The number of hydrogen-bond donors (Lipinski definition) is 1. The Labute approximate surface area is 113 Å². The van der Waals surface area contributed by atoms with Gasteiger partial charge in [0.1, 0.15) is 0 Å². The molecule has 0 heterocycles. The molecule has 0 aliphatic carbocycles. The van der Waals surface area contributed by atoms with Crippen LogP contribution in [-0.4, -0.2) is 34.8 Å². The van der Waals surface area contributed by atoms with Gasteiger partial charge in [0.2, 0.25) is 0 Å². The molecule has 0 amide bonds. The molecular formula is C12H13BrN2O3. The molecule has 96 valence electrons. The number of rotatable bonds is 6. The Morgan fingerprint density at radius 1 is 1.39 bits per heavy atom. The van der Waals surface area contributed by atoms with Gasteiger partial charge in [-0.05, 0) is 40.9 Å². The maximum absolute atomic E-state index is 11.7. The molecule has 0 aromatic heterocycles. The molecule has 1 rings (SSSR count). The minimum absolute atomic E-state index is 0.0583. The molecule has 1 aromatic carbocycles. The molecule has 0 aliphatic heterocycles. The lowest BCUT2D eigenvalue weighted by atomic mass is 10.1. The highest BCUT2D eigenvalue weighted by atomic mass is 79.9. The van der Waals surface area contributed by atoms with E-state index in [1.807, 2.05) is 0 Å². The van der Waals surface area contributed by atoms with Crippen LogP contribution < -0.4 is 0 Å². The van der Waals surface area contributed by atoms with Crippen LogP contribution in [0, 0.1) is 0 Å². The highest BCUT2D eigenvalue weighted by Gasteiger charge is 2.26. The third kappa shape index (κ3) is 4.07. The van der Waals surface area contributed by atoms with Gasteiger partial charge >= 0.3 is 11.7 Å². The molecular weight excluding hydrogens is 300 g/mol. The van der Waals surface area contributed by atoms with E-state index in [0.29, 0.717) is 22.9 Å². The number of aliphatic hydroxyl groups excluding tert-OH is 1. The van der Waals surface area contributed by atoms with Crippen LogP contribution in [0.5, 0.6) is 0 Å². The van der Waals surface area contributed by atoms with Gasteiger partial charge in [-0.2, -0.15) is 4.79 Å². The molecule has 0 saturated carbocycles. The summed E-state index contributed by atoms with van der Waals surface area (Å²) >= 11 is 3.27. The van der Waals surface area contributed by atoms with Gasteiger partial charge in [0.05, 0.1) is 12.2 Å². The van der Waals surface area contributed by atoms with Crippen LogP contribution in [-0.2, 0) is 9.53 Å². The average molecular weight is 313 g/mol. The largest absolute Gasteiger partial charge is 0.457 e. The van der Waals surface area contributed by atoms with Gasteiger partial charge in [-0.3, -0.25) is 0 Å². The van der Waals surface area contributed by atoms with Crippen molar-refractivity contribution in [3.8, 4) is 0 Å². The topological polar surface area (TPSA) is 82.9 Å². The summed E-state index contributed by atoms with van der Waals surface area (Å²) in [5.74, 6) is -0.692. The van der Waals surface area contributed by atoms with Crippen molar-refractivity contribution in [2.24, 2.45) is 0 Å². The van der Waals surface area contributed by atoms with E-state index >= 15 is 0 Å². The summed E-state index contributed by atoms with van der Waals surface area (Å²) in [7, 11) is 0. The SMILES string of the molecule is [N-]=[N+]=C(C(=O)OCCCCO)c1ccccc1Br. The molecule has 0 aliphatic rings. The number of nitrogens with zero attached hydrogens (tertiary/aromatic N) is 2. The Kier molecular flexibility index (Phi) is 6.28. The zero-order valence-corrected chi connectivity index (χ0v) is 11.3. The maximum Gasteiger partial charge on any atom is 0.422 e. The first-order chi connectivity index (χ1) is 8.70. The third-order valence-corrected chi connectivity index (χ3v) is 2.90. The summed E-state index contributed by atoms with van der Waals surface area (Å²) in [6.45, 7) is 0.242. The smallest absolute Gasteiger partial charge is 0.422 e. The summed E-state index contributed by atoms with van der Waals surface area (Å²) in [6.07, 6.45) is 1.13. The molecule has 0 unspecified atom stereocenters. The van der Waals surface area contributed by atoms with E-state index in [1.165, 1.54) is 0 Å². The van der Waals surface area contributed by atoms with Crippen molar-refractivity contribution in [2.45, 2.75) is 12.8 Å². The molecule has 6 heteroatoms. The average Bonchev–Trinajstić information content (AvgIpc) is 2.38. The fourth-order valence-corrected chi connectivity index (χ4v) is 1.78. The highest BCUT2D eigenvalue weighted by molar-refractivity contribution is 9.10. The lowest BCUT2D eigenvalue weighted by Gasteiger charge is -2.02.